The number of alkyl halides is 1. The molecule has 0 unspecified atom stereocenters. The van der Waals surface area contributed by atoms with Gasteiger partial charge in [0, 0.05) is 5.56 Å². The Kier molecular flexibility index (Phi) is 5.10. The Balaban J connectivity index is 2.78. The molecule has 0 atom stereocenters. The number of benzene rings is 1. The summed E-state index contributed by atoms with van der Waals surface area (Å²) in [6, 6.07) is 5.01. The summed E-state index contributed by atoms with van der Waals surface area (Å²) in [5.41, 5.74) is 0.438. The molecule has 16 heavy (non-hydrogen) atoms. The molecule has 0 amide bonds. The monoisotopic (exact) mass is 260 g/mol. The number of halogens is 2. The van der Waals surface area contributed by atoms with Gasteiger partial charge in [-0.15, -0.1) is 11.6 Å². The first-order chi connectivity index (χ1) is 7.54. The summed E-state index contributed by atoms with van der Waals surface area (Å²) < 4.78 is 5.49. The average Bonchev–Trinajstić information content (AvgIpc) is 2.25. The second-order valence-corrected chi connectivity index (χ2v) is 4.58. The van der Waals surface area contributed by atoms with E-state index < -0.39 is 0 Å². The third kappa shape index (κ3) is 3.69. The summed E-state index contributed by atoms with van der Waals surface area (Å²) in [6.07, 6.45) is 0. The van der Waals surface area contributed by atoms with Crippen LogP contribution in [0.3, 0.4) is 0 Å². The summed E-state index contributed by atoms with van der Waals surface area (Å²) in [4.78, 5) is 11.4. The standard InChI is InChI=1S/C12H14Cl2O2/c1-8(2)7-16-9-3-4-10(11(14)5-9)12(15)6-13/h3-5,8H,6-7H2,1-2H3. The van der Waals surface area contributed by atoms with E-state index in [2.05, 4.69) is 13.8 Å². The van der Waals surface area contributed by atoms with Crippen LogP contribution < -0.4 is 4.74 Å². The number of rotatable bonds is 5. The van der Waals surface area contributed by atoms with Crippen molar-refractivity contribution in [1.82, 2.24) is 0 Å². The molecule has 0 heterocycles. The number of ketones is 1. The lowest BCUT2D eigenvalue weighted by atomic mass is 10.1. The van der Waals surface area contributed by atoms with Crippen LogP contribution in [0, 0.1) is 5.92 Å². The minimum Gasteiger partial charge on any atom is -0.493 e. The van der Waals surface area contributed by atoms with Crippen molar-refractivity contribution in [3.05, 3.63) is 28.8 Å². The first-order valence-electron chi connectivity index (χ1n) is 5.06. The number of ether oxygens (including phenoxy) is 1. The molecule has 1 rings (SSSR count). The van der Waals surface area contributed by atoms with E-state index in [4.69, 9.17) is 27.9 Å². The minimum atomic E-state index is -0.179. The van der Waals surface area contributed by atoms with Gasteiger partial charge in [-0.25, -0.2) is 0 Å². The van der Waals surface area contributed by atoms with E-state index in [1.807, 2.05) is 0 Å². The highest BCUT2D eigenvalue weighted by Crippen LogP contribution is 2.23. The Morgan fingerprint density at radius 3 is 2.62 bits per heavy atom. The molecule has 0 aliphatic carbocycles. The van der Waals surface area contributed by atoms with Crippen LogP contribution >= 0.6 is 23.2 Å². The molecule has 0 bridgehead atoms. The Bertz CT molecular complexity index is 375. The van der Waals surface area contributed by atoms with Crippen LogP contribution in [0.4, 0.5) is 0 Å². The maximum Gasteiger partial charge on any atom is 0.179 e. The van der Waals surface area contributed by atoms with Crippen LogP contribution in [0.15, 0.2) is 18.2 Å². The zero-order chi connectivity index (χ0) is 12.1. The smallest absolute Gasteiger partial charge is 0.179 e. The summed E-state index contributed by atoms with van der Waals surface area (Å²) in [6.45, 7) is 4.75. The molecule has 0 aliphatic rings. The van der Waals surface area contributed by atoms with Crippen LogP contribution in [0.1, 0.15) is 24.2 Å². The highest BCUT2D eigenvalue weighted by Gasteiger charge is 2.10. The molecular formula is C12H14Cl2O2. The molecule has 0 aliphatic heterocycles. The maximum atomic E-state index is 11.4. The van der Waals surface area contributed by atoms with E-state index in [0.717, 1.165) is 0 Å². The highest BCUT2D eigenvalue weighted by atomic mass is 35.5. The number of hydrogen-bond acceptors (Lipinski definition) is 2. The fourth-order valence-electron chi connectivity index (χ4n) is 1.15. The maximum absolute atomic E-state index is 11.4. The molecule has 2 nitrogen and oxygen atoms in total. The van der Waals surface area contributed by atoms with Gasteiger partial charge in [-0.1, -0.05) is 25.4 Å². The largest absolute Gasteiger partial charge is 0.493 e. The van der Waals surface area contributed by atoms with E-state index >= 15 is 0 Å². The van der Waals surface area contributed by atoms with E-state index in [9.17, 15) is 4.79 Å². The lowest BCUT2D eigenvalue weighted by Gasteiger charge is -2.09. The van der Waals surface area contributed by atoms with Gasteiger partial charge < -0.3 is 4.74 Å². The molecule has 1 aromatic carbocycles. The van der Waals surface area contributed by atoms with Gasteiger partial charge in [0.15, 0.2) is 5.78 Å². The van der Waals surface area contributed by atoms with Crippen LogP contribution in [-0.2, 0) is 0 Å². The van der Waals surface area contributed by atoms with Crippen molar-refractivity contribution in [2.24, 2.45) is 5.92 Å². The highest BCUT2D eigenvalue weighted by molar-refractivity contribution is 6.37. The molecular weight excluding hydrogens is 247 g/mol. The third-order valence-corrected chi connectivity index (χ3v) is 2.50. The summed E-state index contributed by atoms with van der Waals surface area (Å²) in [7, 11) is 0. The van der Waals surface area contributed by atoms with Gasteiger partial charge in [0.05, 0.1) is 17.5 Å². The van der Waals surface area contributed by atoms with Crippen LogP contribution in [0.25, 0.3) is 0 Å². The predicted molar refractivity (Wildman–Crippen MR) is 66.8 cm³/mol. The summed E-state index contributed by atoms with van der Waals surface area (Å²) in [5, 5.41) is 0.381. The molecule has 0 saturated carbocycles. The van der Waals surface area contributed by atoms with Gasteiger partial charge in [0.2, 0.25) is 0 Å². The van der Waals surface area contributed by atoms with Gasteiger partial charge in [0.1, 0.15) is 5.75 Å². The SMILES string of the molecule is CC(C)COc1ccc(C(=O)CCl)c(Cl)c1. The Labute approximate surface area is 106 Å². The molecule has 0 fully saturated rings. The van der Waals surface area contributed by atoms with Crippen molar-refractivity contribution in [2.75, 3.05) is 12.5 Å². The Morgan fingerprint density at radius 2 is 2.12 bits per heavy atom. The van der Waals surface area contributed by atoms with E-state index in [1.165, 1.54) is 0 Å². The van der Waals surface area contributed by atoms with Gasteiger partial charge in [-0.2, -0.15) is 0 Å². The zero-order valence-electron chi connectivity index (χ0n) is 9.30. The zero-order valence-corrected chi connectivity index (χ0v) is 10.8. The third-order valence-electron chi connectivity index (χ3n) is 1.95. The van der Waals surface area contributed by atoms with Gasteiger partial charge in [0.25, 0.3) is 0 Å². The number of hydrogen-bond donors (Lipinski definition) is 0. The molecule has 4 heteroatoms. The summed E-state index contributed by atoms with van der Waals surface area (Å²) >= 11 is 11.4. The van der Waals surface area contributed by atoms with Gasteiger partial charge >= 0.3 is 0 Å². The Hall–Kier alpha value is -0.730. The lowest BCUT2D eigenvalue weighted by molar-refractivity contribution is 0.102. The average molecular weight is 261 g/mol. The van der Waals surface area contributed by atoms with Crippen molar-refractivity contribution in [3.63, 3.8) is 0 Å². The molecule has 0 N–H and O–H groups in total. The van der Waals surface area contributed by atoms with Crippen molar-refractivity contribution in [3.8, 4) is 5.75 Å². The van der Waals surface area contributed by atoms with Crippen molar-refractivity contribution < 1.29 is 9.53 Å². The molecule has 0 saturated heterocycles. The normalized spacial score (nSPS) is 10.6. The molecule has 0 aromatic heterocycles. The molecule has 0 radical (unpaired) electrons. The molecule has 88 valence electrons. The topological polar surface area (TPSA) is 26.3 Å². The Morgan fingerprint density at radius 1 is 1.44 bits per heavy atom. The summed E-state index contributed by atoms with van der Waals surface area (Å²) in [5.74, 6) is 0.876. The van der Waals surface area contributed by atoms with Crippen LogP contribution in [0.5, 0.6) is 5.75 Å². The van der Waals surface area contributed by atoms with E-state index in [1.54, 1.807) is 18.2 Å². The van der Waals surface area contributed by atoms with E-state index in [-0.39, 0.29) is 11.7 Å². The first-order valence-corrected chi connectivity index (χ1v) is 5.97. The number of carbonyl (C=O) groups is 1. The fraction of sp³-hybridized carbons (Fsp3) is 0.417. The van der Waals surface area contributed by atoms with Crippen molar-refractivity contribution in [1.29, 1.82) is 0 Å². The molecule has 0 spiro atoms. The number of carbonyl (C=O) groups excluding carboxylic acids is 1. The van der Waals surface area contributed by atoms with E-state index in [0.29, 0.717) is 28.9 Å². The quantitative estimate of drug-likeness (QED) is 0.595. The van der Waals surface area contributed by atoms with Crippen molar-refractivity contribution in [2.45, 2.75) is 13.8 Å². The second-order valence-electron chi connectivity index (χ2n) is 3.90. The minimum absolute atomic E-state index is 0.0636. The second kappa shape index (κ2) is 6.12. The number of Topliss-reactive ketones (excluding diaryl/α,β-unsaturated/α-hetero) is 1. The lowest BCUT2D eigenvalue weighted by Crippen LogP contribution is -2.05. The van der Waals surface area contributed by atoms with Crippen LogP contribution in [0.2, 0.25) is 5.02 Å². The predicted octanol–water partition coefficient (Wildman–Crippen LogP) is 3.80. The van der Waals surface area contributed by atoms with Gasteiger partial charge in [-0.05, 0) is 24.1 Å². The van der Waals surface area contributed by atoms with Gasteiger partial charge in [-0.3, -0.25) is 4.79 Å². The first kappa shape index (κ1) is 13.3. The van der Waals surface area contributed by atoms with Crippen molar-refractivity contribution >= 4 is 29.0 Å². The molecule has 1 aromatic rings. The van der Waals surface area contributed by atoms with Crippen LogP contribution in [-0.4, -0.2) is 18.3 Å². The fourth-order valence-corrected chi connectivity index (χ4v) is 1.57.